The number of esters is 1. The number of rotatable bonds is 6. The van der Waals surface area contributed by atoms with Crippen LogP contribution in [0.5, 0.6) is 5.75 Å². The molecule has 0 bridgehead atoms. The summed E-state index contributed by atoms with van der Waals surface area (Å²) < 4.78 is 9.90. The average molecular weight is 292 g/mol. The lowest BCUT2D eigenvalue weighted by atomic mass is 10.0. The van der Waals surface area contributed by atoms with Crippen LogP contribution in [0.25, 0.3) is 5.76 Å². The van der Waals surface area contributed by atoms with Crippen molar-refractivity contribution in [3.8, 4) is 5.75 Å². The molecule has 114 valence electrons. The molecule has 1 aromatic rings. The van der Waals surface area contributed by atoms with Crippen LogP contribution in [-0.4, -0.2) is 30.6 Å². The van der Waals surface area contributed by atoms with Crippen LogP contribution in [0.1, 0.15) is 30.0 Å². The zero-order valence-corrected chi connectivity index (χ0v) is 12.7. The van der Waals surface area contributed by atoms with Crippen molar-refractivity contribution in [1.29, 1.82) is 0 Å². The smallest absolute Gasteiger partial charge is 0.378 e. The van der Waals surface area contributed by atoms with E-state index >= 15 is 0 Å². The molecule has 0 atom stereocenters. The van der Waals surface area contributed by atoms with Crippen molar-refractivity contribution in [2.45, 2.75) is 27.2 Å². The monoisotopic (exact) mass is 292 g/mol. The molecule has 0 aliphatic heterocycles. The van der Waals surface area contributed by atoms with Gasteiger partial charge in [0.05, 0.1) is 13.7 Å². The highest BCUT2D eigenvalue weighted by Gasteiger charge is 2.15. The van der Waals surface area contributed by atoms with Crippen LogP contribution in [0.3, 0.4) is 0 Å². The van der Waals surface area contributed by atoms with E-state index in [2.05, 4.69) is 4.74 Å². The first-order chi connectivity index (χ1) is 9.92. The van der Waals surface area contributed by atoms with E-state index in [-0.39, 0.29) is 5.76 Å². The topological polar surface area (TPSA) is 72.8 Å². The summed E-state index contributed by atoms with van der Waals surface area (Å²) in [5.74, 6) is -1.45. The van der Waals surface area contributed by atoms with E-state index in [9.17, 15) is 14.7 Å². The molecule has 0 amide bonds. The van der Waals surface area contributed by atoms with Crippen LogP contribution >= 0.6 is 0 Å². The predicted octanol–water partition coefficient (Wildman–Crippen LogP) is 2.73. The van der Waals surface area contributed by atoms with Crippen LogP contribution < -0.4 is 4.74 Å². The third-order valence-corrected chi connectivity index (χ3v) is 3.13. The lowest BCUT2D eigenvalue weighted by Crippen LogP contribution is -2.13. The van der Waals surface area contributed by atoms with Crippen molar-refractivity contribution in [2.24, 2.45) is 0 Å². The van der Waals surface area contributed by atoms with Gasteiger partial charge in [-0.05, 0) is 43.5 Å². The summed E-state index contributed by atoms with van der Waals surface area (Å²) >= 11 is 0. The first-order valence-electron chi connectivity index (χ1n) is 6.68. The molecule has 0 saturated heterocycles. The van der Waals surface area contributed by atoms with Crippen molar-refractivity contribution in [1.82, 2.24) is 0 Å². The molecule has 0 radical (unpaired) electrons. The second-order valence-electron chi connectivity index (χ2n) is 4.60. The van der Waals surface area contributed by atoms with Gasteiger partial charge in [-0.15, -0.1) is 0 Å². The molecule has 0 unspecified atom stereocenters. The molecule has 21 heavy (non-hydrogen) atoms. The second kappa shape index (κ2) is 7.47. The van der Waals surface area contributed by atoms with Crippen molar-refractivity contribution in [3.63, 3.8) is 0 Å². The lowest BCUT2D eigenvalue weighted by Gasteiger charge is -2.13. The lowest BCUT2D eigenvalue weighted by molar-refractivity contribution is -0.149. The number of ether oxygens (including phenoxy) is 2. The highest BCUT2D eigenvalue weighted by Crippen LogP contribution is 2.27. The number of carbonyl (C=O) groups is 2. The number of methoxy groups -OCH3 is 1. The third-order valence-electron chi connectivity index (χ3n) is 3.13. The minimum absolute atomic E-state index is 0.270. The molecular formula is C16H20O5. The van der Waals surface area contributed by atoms with Gasteiger partial charge in [0.25, 0.3) is 5.78 Å². The predicted molar refractivity (Wildman–Crippen MR) is 79.3 cm³/mol. The zero-order chi connectivity index (χ0) is 16.0. The van der Waals surface area contributed by atoms with Crippen LogP contribution in [0.15, 0.2) is 18.2 Å². The fourth-order valence-electron chi connectivity index (χ4n) is 1.80. The van der Waals surface area contributed by atoms with Gasteiger partial charge in [-0.1, -0.05) is 6.92 Å². The Morgan fingerprint density at radius 3 is 2.48 bits per heavy atom. The fourth-order valence-corrected chi connectivity index (χ4v) is 1.80. The van der Waals surface area contributed by atoms with Gasteiger partial charge in [0.2, 0.25) is 0 Å². The van der Waals surface area contributed by atoms with Crippen LogP contribution in [0.2, 0.25) is 0 Å². The molecular weight excluding hydrogens is 272 g/mol. The highest BCUT2D eigenvalue weighted by atomic mass is 16.5. The van der Waals surface area contributed by atoms with Gasteiger partial charge >= 0.3 is 5.97 Å². The molecule has 0 aliphatic rings. The van der Waals surface area contributed by atoms with E-state index in [0.717, 1.165) is 36.5 Å². The Hall–Kier alpha value is -2.30. The van der Waals surface area contributed by atoms with Crippen LogP contribution in [0, 0.1) is 13.8 Å². The van der Waals surface area contributed by atoms with E-state index in [1.807, 2.05) is 20.8 Å². The summed E-state index contributed by atoms with van der Waals surface area (Å²) in [5, 5.41) is 10.00. The fraction of sp³-hybridized carbons (Fsp3) is 0.375. The second-order valence-corrected chi connectivity index (χ2v) is 4.60. The van der Waals surface area contributed by atoms with Crippen LogP contribution in [0.4, 0.5) is 0 Å². The number of hydrogen-bond acceptors (Lipinski definition) is 5. The minimum Gasteiger partial charge on any atom is -0.507 e. The molecule has 0 aromatic heterocycles. The minimum atomic E-state index is -1.01. The Morgan fingerprint density at radius 1 is 1.24 bits per heavy atom. The van der Waals surface area contributed by atoms with E-state index in [0.29, 0.717) is 12.2 Å². The number of carbonyl (C=O) groups excluding carboxylic acids is 2. The van der Waals surface area contributed by atoms with Gasteiger partial charge in [0.1, 0.15) is 11.5 Å². The van der Waals surface area contributed by atoms with E-state index < -0.39 is 11.8 Å². The first kappa shape index (κ1) is 16.8. The number of benzene rings is 1. The maximum atomic E-state index is 11.4. The largest absolute Gasteiger partial charge is 0.507 e. The number of aliphatic hydroxyl groups excluding tert-OH is 1. The summed E-state index contributed by atoms with van der Waals surface area (Å²) in [4.78, 5) is 22.5. The average Bonchev–Trinajstić information content (AvgIpc) is 2.47. The standard InChI is InChI=1S/C16H20O5/c1-5-8-21-15-7-6-12(10(2)11(15)3)13(17)9-14(18)16(19)20-4/h6-7,9,17H,5,8H2,1-4H3/b13-9-. The van der Waals surface area contributed by atoms with Gasteiger partial charge in [-0.25, -0.2) is 4.79 Å². The van der Waals surface area contributed by atoms with Gasteiger partial charge < -0.3 is 14.6 Å². The Bertz CT molecular complexity index is 572. The normalized spacial score (nSPS) is 11.1. The molecule has 1 aromatic carbocycles. The van der Waals surface area contributed by atoms with Crippen molar-refractivity contribution < 1.29 is 24.2 Å². The van der Waals surface area contributed by atoms with Crippen molar-refractivity contribution in [3.05, 3.63) is 34.9 Å². The molecule has 0 heterocycles. The zero-order valence-electron chi connectivity index (χ0n) is 12.7. The number of aliphatic hydroxyl groups is 1. The summed E-state index contributed by atoms with van der Waals surface area (Å²) in [5.41, 5.74) is 2.15. The quantitative estimate of drug-likeness (QED) is 0.378. The molecule has 5 nitrogen and oxygen atoms in total. The molecule has 5 heteroatoms. The first-order valence-corrected chi connectivity index (χ1v) is 6.68. The van der Waals surface area contributed by atoms with Crippen molar-refractivity contribution >= 4 is 17.5 Å². The molecule has 0 saturated carbocycles. The number of hydrogen-bond donors (Lipinski definition) is 1. The Kier molecular flexibility index (Phi) is 5.96. The molecule has 1 rings (SSSR count). The van der Waals surface area contributed by atoms with Gasteiger partial charge in [-0.3, -0.25) is 4.79 Å². The summed E-state index contributed by atoms with van der Waals surface area (Å²) in [6.45, 7) is 6.32. The Morgan fingerprint density at radius 2 is 1.90 bits per heavy atom. The van der Waals surface area contributed by atoms with Gasteiger partial charge in [0, 0.05) is 11.6 Å². The summed E-state index contributed by atoms with van der Waals surface area (Å²) in [6, 6.07) is 3.39. The molecule has 0 fully saturated rings. The molecule has 0 spiro atoms. The van der Waals surface area contributed by atoms with Crippen LogP contribution in [-0.2, 0) is 14.3 Å². The molecule has 1 N–H and O–H groups in total. The summed E-state index contributed by atoms with van der Waals surface area (Å²) in [6.07, 6.45) is 1.76. The van der Waals surface area contributed by atoms with E-state index in [1.54, 1.807) is 12.1 Å². The SMILES string of the molecule is CCCOc1ccc(/C(O)=C/C(=O)C(=O)OC)c(C)c1C. The highest BCUT2D eigenvalue weighted by molar-refractivity contribution is 6.39. The maximum Gasteiger partial charge on any atom is 0.378 e. The summed E-state index contributed by atoms with van der Waals surface area (Å²) in [7, 11) is 1.11. The maximum absolute atomic E-state index is 11.4. The Balaban J connectivity index is 3.09. The Labute approximate surface area is 124 Å². The van der Waals surface area contributed by atoms with E-state index in [4.69, 9.17) is 4.74 Å². The van der Waals surface area contributed by atoms with E-state index in [1.165, 1.54) is 0 Å². The molecule has 0 aliphatic carbocycles. The third kappa shape index (κ3) is 4.08. The van der Waals surface area contributed by atoms with Gasteiger partial charge in [-0.2, -0.15) is 0 Å². The van der Waals surface area contributed by atoms with Gasteiger partial charge in [0.15, 0.2) is 0 Å². The van der Waals surface area contributed by atoms with Crippen molar-refractivity contribution in [2.75, 3.05) is 13.7 Å². The number of ketones is 1.